The second-order valence-electron chi connectivity index (χ2n) is 6.29. The number of amides is 1. The number of esters is 2. The molecule has 0 aliphatic rings. The molecule has 2 N–H and O–H groups in total. The van der Waals surface area contributed by atoms with E-state index in [-0.39, 0.29) is 19.8 Å². The molecular weight excluding hydrogens is 388 g/mol. The van der Waals surface area contributed by atoms with Crippen molar-refractivity contribution in [1.29, 1.82) is 0 Å². The second kappa shape index (κ2) is 10.9. The summed E-state index contributed by atoms with van der Waals surface area (Å²) in [6.45, 7) is 4.87. The number of methoxy groups -OCH3 is 1. The van der Waals surface area contributed by atoms with E-state index < -0.39 is 23.4 Å². The Morgan fingerprint density at radius 2 is 1.71 bits per heavy atom. The fraction of sp³-hybridized carbons (Fsp3) is 0.526. The van der Waals surface area contributed by atoms with Gasteiger partial charge in [0.1, 0.15) is 18.8 Å². The topological polar surface area (TPSA) is 95.4 Å². The van der Waals surface area contributed by atoms with Crippen molar-refractivity contribution in [1.82, 2.24) is 5.32 Å². The van der Waals surface area contributed by atoms with Crippen LogP contribution >= 0.6 is 11.6 Å². The predicted molar refractivity (Wildman–Crippen MR) is 103 cm³/mol. The molecule has 1 unspecified atom stereocenters. The van der Waals surface area contributed by atoms with Gasteiger partial charge in [0.2, 0.25) is 5.91 Å². The Hall–Kier alpha value is -2.32. The van der Waals surface area contributed by atoms with Gasteiger partial charge in [0.05, 0.1) is 27.4 Å². The van der Waals surface area contributed by atoms with Crippen molar-refractivity contribution in [3.05, 3.63) is 28.8 Å². The van der Waals surface area contributed by atoms with E-state index in [0.29, 0.717) is 17.3 Å². The van der Waals surface area contributed by atoms with Crippen LogP contribution in [0.25, 0.3) is 0 Å². The highest BCUT2D eigenvalue weighted by Crippen LogP contribution is 2.22. The van der Waals surface area contributed by atoms with Crippen LogP contribution in [-0.2, 0) is 30.4 Å². The van der Waals surface area contributed by atoms with Crippen molar-refractivity contribution in [2.24, 2.45) is 0 Å². The van der Waals surface area contributed by atoms with Gasteiger partial charge in [-0.3, -0.25) is 4.79 Å². The van der Waals surface area contributed by atoms with E-state index in [2.05, 4.69) is 5.32 Å². The lowest BCUT2D eigenvalue weighted by Crippen LogP contribution is -3.11. The van der Waals surface area contributed by atoms with E-state index >= 15 is 0 Å². The third-order valence-electron chi connectivity index (χ3n) is 3.94. The van der Waals surface area contributed by atoms with Crippen LogP contribution in [0.15, 0.2) is 18.2 Å². The van der Waals surface area contributed by atoms with Gasteiger partial charge in [-0.05, 0) is 32.0 Å². The average molecular weight is 416 g/mol. The number of likely N-dealkylation sites (N-methyl/N-ethyl adjacent to an activating group) is 1. The lowest BCUT2D eigenvalue weighted by Gasteiger charge is -2.31. The zero-order valence-corrected chi connectivity index (χ0v) is 17.6. The van der Waals surface area contributed by atoms with E-state index in [0.717, 1.165) is 10.5 Å². The number of rotatable bonds is 10. The summed E-state index contributed by atoms with van der Waals surface area (Å²) in [5.74, 6) is -1.64. The Balaban J connectivity index is 3.22. The minimum atomic E-state index is -1.95. The molecule has 0 bridgehead atoms. The summed E-state index contributed by atoms with van der Waals surface area (Å²) in [7, 11) is 3.32. The molecule has 156 valence electrons. The third-order valence-corrected chi connectivity index (χ3v) is 4.17. The Morgan fingerprint density at radius 3 is 2.18 bits per heavy atom. The van der Waals surface area contributed by atoms with Crippen LogP contribution in [0.1, 0.15) is 26.3 Å². The Morgan fingerprint density at radius 1 is 1.14 bits per heavy atom. The molecule has 9 heteroatoms. The number of quaternary nitrogens is 1. The first-order chi connectivity index (χ1) is 13.2. The first kappa shape index (κ1) is 23.7. The molecule has 28 heavy (non-hydrogen) atoms. The first-order valence-corrected chi connectivity index (χ1v) is 9.34. The number of hydrogen-bond donors (Lipinski definition) is 2. The second-order valence-corrected chi connectivity index (χ2v) is 6.73. The highest BCUT2D eigenvalue weighted by Gasteiger charge is 2.53. The lowest BCUT2D eigenvalue weighted by molar-refractivity contribution is -0.895. The third kappa shape index (κ3) is 6.10. The maximum absolute atomic E-state index is 12.7. The van der Waals surface area contributed by atoms with Gasteiger partial charge >= 0.3 is 11.9 Å². The molecule has 0 aromatic heterocycles. The van der Waals surface area contributed by atoms with Crippen LogP contribution in [0.5, 0.6) is 5.75 Å². The summed E-state index contributed by atoms with van der Waals surface area (Å²) >= 11 is 6.07. The van der Waals surface area contributed by atoms with Crippen molar-refractivity contribution >= 4 is 29.4 Å². The maximum atomic E-state index is 12.7. The Bertz CT molecular complexity index is 692. The van der Waals surface area contributed by atoms with Gasteiger partial charge in [-0.15, -0.1) is 0 Å². The standard InChI is InChI=1S/C19H27ClN2O6/c1-6-27-17(24)19(21-13(3)23,18(25)28-7-2)12-22(4)11-14-10-15(20)8-9-16(14)26-5/h8-10H,6-7,11-12H2,1-5H3,(H,21,23)/p+1. The van der Waals surface area contributed by atoms with Crippen molar-refractivity contribution in [2.75, 3.05) is 33.9 Å². The molecule has 1 rings (SSSR count). The highest BCUT2D eigenvalue weighted by atomic mass is 35.5. The van der Waals surface area contributed by atoms with Crippen molar-refractivity contribution in [2.45, 2.75) is 32.9 Å². The monoisotopic (exact) mass is 415 g/mol. The molecule has 0 fully saturated rings. The van der Waals surface area contributed by atoms with Crippen molar-refractivity contribution < 1.29 is 33.5 Å². The quantitative estimate of drug-likeness (QED) is 0.423. The number of carbonyl (C=O) groups excluding carboxylic acids is 3. The van der Waals surface area contributed by atoms with E-state index in [4.69, 9.17) is 25.8 Å². The van der Waals surface area contributed by atoms with Gasteiger partial charge < -0.3 is 24.4 Å². The minimum Gasteiger partial charge on any atom is -0.496 e. The average Bonchev–Trinajstić information content (AvgIpc) is 2.61. The fourth-order valence-corrected chi connectivity index (χ4v) is 3.10. The predicted octanol–water partition coefficient (Wildman–Crippen LogP) is 0.364. The van der Waals surface area contributed by atoms with Crippen LogP contribution in [0, 0.1) is 0 Å². The SMILES string of the molecule is CCOC(=O)C(C[NH+](C)Cc1cc(Cl)ccc1OC)(NC(C)=O)C(=O)OCC. The summed E-state index contributed by atoms with van der Waals surface area (Å²) in [5.41, 5.74) is -1.16. The van der Waals surface area contributed by atoms with Crippen LogP contribution in [0.2, 0.25) is 5.02 Å². The van der Waals surface area contributed by atoms with Crippen molar-refractivity contribution in [3.8, 4) is 5.75 Å². The lowest BCUT2D eigenvalue weighted by atomic mass is 9.98. The molecule has 1 aromatic carbocycles. The number of ether oxygens (including phenoxy) is 3. The molecule has 0 heterocycles. The van der Waals surface area contributed by atoms with E-state index in [1.165, 1.54) is 6.92 Å². The van der Waals surface area contributed by atoms with Crippen LogP contribution in [0.3, 0.4) is 0 Å². The maximum Gasteiger partial charge on any atom is 0.349 e. The van der Waals surface area contributed by atoms with E-state index in [9.17, 15) is 14.4 Å². The van der Waals surface area contributed by atoms with E-state index in [1.54, 1.807) is 46.2 Å². The van der Waals surface area contributed by atoms with Gasteiger partial charge in [-0.1, -0.05) is 11.6 Å². The summed E-state index contributed by atoms with van der Waals surface area (Å²) in [5, 5.41) is 2.99. The minimum absolute atomic E-state index is 0.0563. The largest absolute Gasteiger partial charge is 0.496 e. The molecule has 8 nitrogen and oxygen atoms in total. The van der Waals surface area contributed by atoms with Gasteiger partial charge in [0.15, 0.2) is 0 Å². The summed E-state index contributed by atoms with van der Waals surface area (Å²) in [6, 6.07) is 5.19. The zero-order valence-electron chi connectivity index (χ0n) is 16.9. The number of carbonyl (C=O) groups is 3. The fourth-order valence-electron chi connectivity index (χ4n) is 2.91. The van der Waals surface area contributed by atoms with Gasteiger partial charge in [-0.2, -0.15) is 0 Å². The number of hydrogen-bond acceptors (Lipinski definition) is 6. The smallest absolute Gasteiger partial charge is 0.349 e. The molecular formula is C19H28ClN2O6+. The van der Waals surface area contributed by atoms with Crippen molar-refractivity contribution in [3.63, 3.8) is 0 Å². The number of halogens is 1. The molecule has 0 aliphatic carbocycles. The summed E-state index contributed by atoms with van der Waals surface area (Å²) in [4.78, 5) is 37.9. The zero-order chi connectivity index (χ0) is 21.3. The molecule has 0 saturated carbocycles. The van der Waals surface area contributed by atoms with Crippen LogP contribution in [0.4, 0.5) is 0 Å². The van der Waals surface area contributed by atoms with Gasteiger partial charge in [0, 0.05) is 17.5 Å². The molecule has 0 spiro atoms. The molecule has 0 radical (unpaired) electrons. The summed E-state index contributed by atoms with van der Waals surface area (Å²) < 4.78 is 15.5. The van der Waals surface area contributed by atoms with Gasteiger partial charge in [-0.25, -0.2) is 9.59 Å². The van der Waals surface area contributed by atoms with Gasteiger partial charge in [0.25, 0.3) is 5.54 Å². The number of nitrogens with one attached hydrogen (secondary N) is 2. The molecule has 1 aromatic rings. The Kier molecular flexibility index (Phi) is 9.21. The van der Waals surface area contributed by atoms with Crippen LogP contribution in [-0.4, -0.2) is 57.3 Å². The van der Waals surface area contributed by atoms with Crippen LogP contribution < -0.4 is 15.0 Å². The Labute approximate surface area is 170 Å². The normalized spacial score (nSPS) is 12.1. The first-order valence-electron chi connectivity index (χ1n) is 8.97. The molecule has 0 saturated heterocycles. The highest BCUT2D eigenvalue weighted by molar-refractivity contribution is 6.30. The van der Waals surface area contributed by atoms with E-state index in [1.807, 2.05) is 0 Å². The number of benzene rings is 1. The molecule has 1 atom stereocenters. The molecule has 0 aliphatic heterocycles. The molecule has 1 amide bonds. The summed E-state index contributed by atoms with van der Waals surface area (Å²) in [6.07, 6.45) is 0.